The third-order valence-electron chi connectivity index (χ3n) is 3.32. The van der Waals surface area contributed by atoms with Gasteiger partial charge in [0, 0.05) is 24.8 Å². The Morgan fingerprint density at radius 3 is 3.05 bits per heavy atom. The molecule has 0 saturated heterocycles. The molecule has 0 saturated carbocycles. The van der Waals surface area contributed by atoms with Gasteiger partial charge in [-0.15, -0.1) is 17.9 Å². The highest BCUT2D eigenvalue weighted by molar-refractivity contribution is 8.63. The lowest BCUT2D eigenvalue weighted by molar-refractivity contribution is -0.131. The summed E-state index contributed by atoms with van der Waals surface area (Å²) < 4.78 is 0. The predicted molar refractivity (Wildman–Crippen MR) is 92.6 cm³/mol. The van der Waals surface area contributed by atoms with Gasteiger partial charge in [-0.25, -0.2) is 0 Å². The summed E-state index contributed by atoms with van der Waals surface area (Å²) in [5.41, 5.74) is 3.69. The van der Waals surface area contributed by atoms with Crippen molar-refractivity contribution in [2.24, 2.45) is 0 Å². The van der Waals surface area contributed by atoms with Gasteiger partial charge in [-0.05, 0) is 25.3 Å². The molecule has 0 bridgehead atoms. The first-order chi connectivity index (χ1) is 9.17. The molecule has 0 radical (unpaired) electrons. The molecule has 0 aromatic carbocycles. The van der Waals surface area contributed by atoms with Crippen molar-refractivity contribution in [2.75, 3.05) is 6.54 Å². The summed E-state index contributed by atoms with van der Waals surface area (Å²) in [4.78, 5) is 18.7. The summed E-state index contributed by atoms with van der Waals surface area (Å²) in [6.07, 6.45) is 4.60. The molecule has 4 unspecified atom stereocenters. The second kappa shape index (κ2) is 7.38. The summed E-state index contributed by atoms with van der Waals surface area (Å²) >= 11 is 0. The van der Waals surface area contributed by atoms with Crippen LogP contribution in [0, 0.1) is 0 Å². The van der Waals surface area contributed by atoms with E-state index in [9.17, 15) is 4.79 Å². The van der Waals surface area contributed by atoms with Crippen LogP contribution in [0.2, 0.25) is 0 Å². The van der Waals surface area contributed by atoms with Crippen molar-refractivity contribution in [3.05, 3.63) is 23.4 Å². The minimum Gasteiger partial charge on any atom is -0.338 e. The van der Waals surface area contributed by atoms with E-state index in [4.69, 9.17) is 0 Å². The molecule has 1 aromatic heterocycles. The van der Waals surface area contributed by atoms with Crippen molar-refractivity contribution in [1.29, 1.82) is 0 Å². The van der Waals surface area contributed by atoms with E-state index in [1.54, 1.807) is 0 Å². The number of pyridine rings is 1. The van der Waals surface area contributed by atoms with Gasteiger partial charge in [0.1, 0.15) is 0 Å². The molecule has 2 heterocycles. The lowest BCUT2D eigenvalue weighted by Gasteiger charge is -2.30. The van der Waals surface area contributed by atoms with Crippen LogP contribution in [-0.4, -0.2) is 22.3 Å². The molecule has 0 N–H and O–H groups in total. The number of nitrogens with zero attached hydrogens (tertiary/aromatic N) is 2. The minimum atomic E-state index is -0.276. The maximum Gasteiger partial charge on any atom is 0.227 e. The zero-order valence-electron chi connectivity index (χ0n) is 11.1. The van der Waals surface area contributed by atoms with Crippen LogP contribution >= 0.6 is 33.1 Å². The SMILES string of the molecule is CCCCN1Cc2c(ccnc2P(P)PP)CC1=O. The van der Waals surface area contributed by atoms with Gasteiger partial charge >= 0.3 is 0 Å². The van der Waals surface area contributed by atoms with Crippen LogP contribution in [0.15, 0.2) is 12.3 Å². The standard InChI is InChI=1S/C12H20N2OP4/c1-2-3-6-14-8-10-9(7-11(14)15)4-5-13-12(10)19(17)18-16/h4-5,18H,2-3,6-8,16-17H2,1H3. The van der Waals surface area contributed by atoms with Crippen molar-refractivity contribution < 1.29 is 4.79 Å². The average Bonchev–Trinajstić information content (AvgIpc) is 2.43. The Kier molecular flexibility index (Phi) is 6.11. The number of hydrogen-bond acceptors (Lipinski definition) is 2. The van der Waals surface area contributed by atoms with Crippen molar-refractivity contribution in [3.63, 3.8) is 0 Å². The molecule has 2 rings (SSSR count). The third kappa shape index (κ3) is 3.71. The fourth-order valence-corrected chi connectivity index (χ4v) is 5.76. The Hall–Kier alpha value is 0.340. The van der Waals surface area contributed by atoms with E-state index in [2.05, 4.69) is 29.8 Å². The summed E-state index contributed by atoms with van der Waals surface area (Å²) in [7, 11) is 6.27. The molecule has 0 fully saturated rings. The number of carbonyl (C=O) groups is 1. The second-order valence-electron chi connectivity index (χ2n) is 4.62. The predicted octanol–water partition coefficient (Wildman–Crippen LogP) is 3.05. The number of rotatable bonds is 5. The van der Waals surface area contributed by atoms with E-state index < -0.39 is 0 Å². The maximum atomic E-state index is 12.1. The fraction of sp³-hybridized carbons (Fsp3) is 0.500. The van der Waals surface area contributed by atoms with Crippen LogP contribution in [0.3, 0.4) is 0 Å². The molecule has 0 spiro atoms. The van der Waals surface area contributed by atoms with E-state index in [0.29, 0.717) is 6.42 Å². The van der Waals surface area contributed by atoms with Crippen LogP contribution < -0.4 is 5.44 Å². The molecule has 1 aliphatic rings. The van der Waals surface area contributed by atoms with Crippen LogP contribution in [0.5, 0.6) is 0 Å². The number of amides is 1. The zero-order chi connectivity index (χ0) is 13.8. The summed E-state index contributed by atoms with van der Waals surface area (Å²) in [5.74, 6) is 0.263. The molecule has 4 atom stereocenters. The Labute approximate surface area is 122 Å². The van der Waals surface area contributed by atoms with Crippen molar-refractivity contribution >= 4 is 44.5 Å². The fourth-order valence-electron chi connectivity index (χ4n) is 2.23. The Morgan fingerprint density at radius 1 is 1.58 bits per heavy atom. The topological polar surface area (TPSA) is 33.2 Å². The molecular weight excluding hydrogens is 312 g/mol. The smallest absolute Gasteiger partial charge is 0.227 e. The number of hydrogen-bond donors (Lipinski definition) is 0. The molecule has 1 amide bonds. The minimum absolute atomic E-state index is 0.263. The van der Waals surface area contributed by atoms with Crippen molar-refractivity contribution in [3.8, 4) is 0 Å². The average molecular weight is 332 g/mol. The van der Waals surface area contributed by atoms with Gasteiger partial charge < -0.3 is 4.90 Å². The van der Waals surface area contributed by atoms with E-state index >= 15 is 0 Å². The van der Waals surface area contributed by atoms with Crippen molar-refractivity contribution in [2.45, 2.75) is 32.7 Å². The van der Waals surface area contributed by atoms with Crippen molar-refractivity contribution in [1.82, 2.24) is 9.88 Å². The molecule has 1 aliphatic heterocycles. The molecule has 3 nitrogen and oxygen atoms in total. The highest BCUT2D eigenvalue weighted by atomic mass is 32.6. The summed E-state index contributed by atoms with van der Waals surface area (Å²) in [6.45, 7) is 3.79. The Bertz CT molecular complexity index is 469. The highest BCUT2D eigenvalue weighted by Gasteiger charge is 2.26. The quantitative estimate of drug-likeness (QED) is 0.777. The van der Waals surface area contributed by atoms with Gasteiger partial charge in [0.25, 0.3) is 0 Å². The lowest BCUT2D eigenvalue weighted by Crippen LogP contribution is -2.39. The molecule has 1 aromatic rings. The first-order valence-electron chi connectivity index (χ1n) is 6.43. The molecule has 0 aliphatic carbocycles. The number of fused-ring (bicyclic) bond motifs is 1. The van der Waals surface area contributed by atoms with E-state index in [-0.39, 0.29) is 13.2 Å². The summed E-state index contributed by atoms with van der Waals surface area (Å²) in [5, 5.41) is 0. The normalized spacial score (nSPS) is 17.0. The number of aromatic nitrogens is 1. The van der Waals surface area contributed by atoms with Gasteiger partial charge in [0.15, 0.2) is 0 Å². The van der Waals surface area contributed by atoms with Gasteiger partial charge in [0.2, 0.25) is 5.91 Å². The van der Waals surface area contributed by atoms with Crippen LogP contribution in [-0.2, 0) is 17.8 Å². The number of carbonyl (C=O) groups excluding carboxylic acids is 1. The van der Waals surface area contributed by atoms with Gasteiger partial charge in [-0.3, -0.25) is 9.78 Å². The largest absolute Gasteiger partial charge is 0.338 e. The van der Waals surface area contributed by atoms with Gasteiger partial charge in [-0.1, -0.05) is 21.3 Å². The molecule has 19 heavy (non-hydrogen) atoms. The molecule has 104 valence electrons. The first-order valence-corrected chi connectivity index (χ1v) is 13.0. The number of unbranched alkanes of at least 4 members (excludes halogenated alkanes) is 1. The van der Waals surface area contributed by atoms with E-state index in [1.165, 1.54) is 16.6 Å². The van der Waals surface area contributed by atoms with Crippen LogP contribution in [0.4, 0.5) is 0 Å². The maximum absolute atomic E-state index is 12.1. The van der Waals surface area contributed by atoms with Gasteiger partial charge in [-0.2, -0.15) is 0 Å². The monoisotopic (exact) mass is 332 g/mol. The highest BCUT2D eigenvalue weighted by Crippen LogP contribution is 2.65. The molecular formula is C12H20N2OP4. The zero-order valence-corrected chi connectivity index (χ0v) is 15.3. The summed E-state index contributed by atoms with van der Waals surface area (Å²) in [6, 6.07) is 2.01. The van der Waals surface area contributed by atoms with E-state index in [1.807, 2.05) is 17.2 Å². The van der Waals surface area contributed by atoms with Crippen LogP contribution in [0.25, 0.3) is 0 Å². The van der Waals surface area contributed by atoms with E-state index in [0.717, 1.165) is 33.9 Å². The Morgan fingerprint density at radius 2 is 2.37 bits per heavy atom. The second-order valence-corrected chi connectivity index (χ2v) is 13.7. The van der Waals surface area contributed by atoms with Crippen LogP contribution in [0.1, 0.15) is 30.9 Å². The third-order valence-corrected chi connectivity index (χ3v) is 13.2. The Balaban J connectivity index is 2.27. The molecule has 7 heteroatoms. The van der Waals surface area contributed by atoms with Gasteiger partial charge in [0.05, 0.1) is 11.9 Å². The first kappa shape index (κ1) is 15.7. The lowest BCUT2D eigenvalue weighted by atomic mass is 10.0.